The molecule has 0 bridgehead atoms. The number of hydrogen-bond acceptors (Lipinski definition) is 7. The van der Waals surface area contributed by atoms with Crippen molar-refractivity contribution in [3.63, 3.8) is 0 Å². The summed E-state index contributed by atoms with van der Waals surface area (Å²) in [7, 11) is 0. The van der Waals surface area contributed by atoms with E-state index < -0.39 is 5.60 Å². The molecule has 2 aliphatic heterocycles. The van der Waals surface area contributed by atoms with Gasteiger partial charge in [-0.15, -0.1) is 0 Å². The summed E-state index contributed by atoms with van der Waals surface area (Å²) >= 11 is 0. The standard InChI is InChI=1S/C34H26N2O5/c35-23-9-5-21(6-10-23)19-38-25-13-15-29-31(17-25)40-32-18-26(39-20-22-7-11-24(36)12-8-22)14-16-30(32)34(29)28-4-2-1-3-27(28)33(37)41-34/h1-18H,19-20,35-36H2. The summed E-state index contributed by atoms with van der Waals surface area (Å²) in [6, 6.07) is 33.7. The van der Waals surface area contributed by atoms with Gasteiger partial charge in [0.1, 0.15) is 36.2 Å². The van der Waals surface area contributed by atoms with Crippen molar-refractivity contribution < 1.29 is 23.7 Å². The van der Waals surface area contributed by atoms with Crippen molar-refractivity contribution in [2.45, 2.75) is 18.8 Å². The van der Waals surface area contributed by atoms with Crippen LogP contribution in [0.15, 0.2) is 109 Å². The number of rotatable bonds is 6. The van der Waals surface area contributed by atoms with Gasteiger partial charge in [0.05, 0.1) is 5.56 Å². The Kier molecular flexibility index (Phi) is 5.78. The monoisotopic (exact) mass is 542 g/mol. The fourth-order valence-electron chi connectivity index (χ4n) is 5.38. The molecule has 0 saturated carbocycles. The lowest BCUT2D eigenvalue weighted by molar-refractivity contribution is 0.0224. The van der Waals surface area contributed by atoms with Crippen molar-refractivity contribution in [1.29, 1.82) is 0 Å². The molecule has 7 heteroatoms. The van der Waals surface area contributed by atoms with E-state index in [0.29, 0.717) is 53.2 Å². The molecule has 0 aliphatic carbocycles. The molecule has 2 aliphatic rings. The summed E-state index contributed by atoms with van der Waals surface area (Å²) in [5, 5.41) is 0. The minimum atomic E-state index is -1.17. The second kappa shape index (κ2) is 9.64. The first-order chi connectivity index (χ1) is 20.0. The van der Waals surface area contributed by atoms with Crippen LogP contribution in [0.1, 0.15) is 38.2 Å². The van der Waals surface area contributed by atoms with E-state index in [9.17, 15) is 4.79 Å². The third-order valence-corrected chi connectivity index (χ3v) is 7.43. The number of carbonyl (C=O) groups excluding carboxylic acids is 1. The number of carbonyl (C=O) groups is 1. The Morgan fingerprint density at radius 2 is 1.12 bits per heavy atom. The van der Waals surface area contributed by atoms with E-state index in [-0.39, 0.29) is 5.97 Å². The number of ether oxygens (including phenoxy) is 4. The maximum Gasteiger partial charge on any atom is 0.340 e. The van der Waals surface area contributed by atoms with Gasteiger partial charge in [-0.3, -0.25) is 0 Å². The second-order valence-electron chi connectivity index (χ2n) is 10.1. The van der Waals surface area contributed by atoms with E-state index in [1.54, 1.807) is 6.07 Å². The molecular weight excluding hydrogens is 516 g/mol. The third-order valence-electron chi connectivity index (χ3n) is 7.43. The SMILES string of the molecule is Nc1ccc(COc2ccc3c(c2)Oc2cc(OCc4ccc(N)cc4)ccc2C32OC(=O)c3ccccc32)cc1. The number of hydrogen-bond donors (Lipinski definition) is 2. The highest BCUT2D eigenvalue weighted by atomic mass is 16.6. The van der Waals surface area contributed by atoms with Crippen LogP contribution in [-0.4, -0.2) is 5.97 Å². The van der Waals surface area contributed by atoms with Gasteiger partial charge in [-0.1, -0.05) is 42.5 Å². The number of nitrogen functional groups attached to an aromatic ring is 2. The molecule has 7 nitrogen and oxygen atoms in total. The second-order valence-corrected chi connectivity index (χ2v) is 10.1. The number of nitrogens with two attached hydrogens (primary N) is 2. The van der Waals surface area contributed by atoms with Crippen molar-refractivity contribution in [1.82, 2.24) is 0 Å². The Morgan fingerprint density at radius 3 is 1.66 bits per heavy atom. The van der Waals surface area contributed by atoms with E-state index in [0.717, 1.165) is 27.8 Å². The van der Waals surface area contributed by atoms with Gasteiger partial charge in [0.25, 0.3) is 0 Å². The Balaban J connectivity index is 1.26. The fourth-order valence-corrected chi connectivity index (χ4v) is 5.38. The van der Waals surface area contributed by atoms with E-state index in [1.807, 2.05) is 103 Å². The van der Waals surface area contributed by atoms with Gasteiger partial charge in [-0.25, -0.2) is 4.79 Å². The Hall–Kier alpha value is -5.43. The molecular formula is C34H26N2O5. The molecule has 0 aromatic heterocycles. The lowest BCUT2D eigenvalue weighted by Crippen LogP contribution is -2.33. The lowest BCUT2D eigenvalue weighted by atomic mass is 9.77. The molecule has 1 spiro atoms. The molecule has 0 unspecified atom stereocenters. The first-order valence-corrected chi connectivity index (χ1v) is 13.2. The van der Waals surface area contributed by atoms with Gasteiger partial charge in [0, 0.05) is 40.2 Å². The molecule has 2 heterocycles. The summed E-state index contributed by atoms with van der Waals surface area (Å²) in [5.74, 6) is 1.92. The van der Waals surface area contributed by atoms with Crippen LogP contribution >= 0.6 is 0 Å². The van der Waals surface area contributed by atoms with Crippen LogP contribution in [0.3, 0.4) is 0 Å². The van der Waals surface area contributed by atoms with Crippen molar-refractivity contribution >= 4 is 17.3 Å². The average Bonchev–Trinajstić information content (AvgIpc) is 3.29. The van der Waals surface area contributed by atoms with E-state index in [4.69, 9.17) is 30.4 Å². The van der Waals surface area contributed by atoms with E-state index in [1.165, 1.54) is 0 Å². The van der Waals surface area contributed by atoms with Crippen LogP contribution in [0.5, 0.6) is 23.0 Å². The largest absolute Gasteiger partial charge is 0.489 e. The highest BCUT2D eigenvalue weighted by Gasteiger charge is 2.53. The van der Waals surface area contributed by atoms with Gasteiger partial charge >= 0.3 is 5.97 Å². The van der Waals surface area contributed by atoms with Crippen molar-refractivity contribution in [2.24, 2.45) is 0 Å². The Labute approximate surface area is 236 Å². The van der Waals surface area contributed by atoms with Gasteiger partial charge in [-0.2, -0.15) is 0 Å². The van der Waals surface area contributed by atoms with Gasteiger partial charge in [0.15, 0.2) is 5.60 Å². The van der Waals surface area contributed by atoms with E-state index in [2.05, 4.69) is 0 Å². The van der Waals surface area contributed by atoms with Crippen LogP contribution in [0, 0.1) is 0 Å². The molecule has 0 radical (unpaired) electrons. The summed E-state index contributed by atoms with van der Waals surface area (Å²) < 4.78 is 24.9. The lowest BCUT2D eigenvalue weighted by Gasteiger charge is -2.36. The highest BCUT2D eigenvalue weighted by molar-refractivity contribution is 5.97. The minimum absolute atomic E-state index is 0.363. The molecule has 5 aromatic rings. The highest BCUT2D eigenvalue weighted by Crippen LogP contribution is 2.57. The molecule has 202 valence electrons. The van der Waals surface area contributed by atoms with Gasteiger partial charge in [-0.05, 0) is 65.7 Å². The molecule has 0 saturated heterocycles. The quantitative estimate of drug-likeness (QED) is 0.184. The van der Waals surface area contributed by atoms with Gasteiger partial charge < -0.3 is 30.4 Å². The van der Waals surface area contributed by atoms with E-state index >= 15 is 0 Å². The summed E-state index contributed by atoms with van der Waals surface area (Å²) in [6.45, 7) is 0.726. The number of benzene rings is 5. The minimum Gasteiger partial charge on any atom is -0.489 e. The van der Waals surface area contributed by atoms with Crippen molar-refractivity contribution in [2.75, 3.05) is 11.5 Å². The van der Waals surface area contributed by atoms with Crippen molar-refractivity contribution in [3.05, 3.63) is 143 Å². The molecule has 0 atom stereocenters. The number of fused-ring (bicyclic) bond motifs is 6. The predicted octanol–water partition coefficient (Wildman–Crippen LogP) is 6.58. The molecule has 7 rings (SSSR count). The molecule has 0 fully saturated rings. The fraction of sp³-hybridized carbons (Fsp3) is 0.0882. The Morgan fingerprint density at radius 1 is 0.610 bits per heavy atom. The summed E-state index contributed by atoms with van der Waals surface area (Å²) in [4.78, 5) is 13.1. The van der Waals surface area contributed by atoms with Crippen LogP contribution in [0.2, 0.25) is 0 Å². The van der Waals surface area contributed by atoms with Crippen LogP contribution in [-0.2, 0) is 23.6 Å². The summed E-state index contributed by atoms with van der Waals surface area (Å²) in [6.07, 6.45) is 0. The predicted molar refractivity (Wildman–Crippen MR) is 155 cm³/mol. The zero-order valence-corrected chi connectivity index (χ0v) is 22.0. The van der Waals surface area contributed by atoms with Crippen LogP contribution < -0.4 is 25.7 Å². The maximum atomic E-state index is 13.1. The molecule has 4 N–H and O–H groups in total. The first-order valence-electron chi connectivity index (χ1n) is 13.2. The zero-order valence-electron chi connectivity index (χ0n) is 22.0. The molecule has 0 amide bonds. The normalized spacial score (nSPS) is 13.9. The Bertz CT molecular complexity index is 1680. The number of anilines is 2. The topological polar surface area (TPSA) is 106 Å². The summed E-state index contributed by atoms with van der Waals surface area (Å²) in [5.41, 5.74) is 16.6. The van der Waals surface area contributed by atoms with Gasteiger partial charge in [0.2, 0.25) is 0 Å². The molecule has 5 aromatic carbocycles. The maximum absolute atomic E-state index is 13.1. The average molecular weight is 543 g/mol. The van der Waals surface area contributed by atoms with Crippen LogP contribution in [0.4, 0.5) is 11.4 Å². The first kappa shape index (κ1) is 24.6. The third kappa shape index (κ3) is 4.28. The number of esters is 1. The van der Waals surface area contributed by atoms with Crippen LogP contribution in [0.25, 0.3) is 0 Å². The molecule has 41 heavy (non-hydrogen) atoms. The van der Waals surface area contributed by atoms with Crippen molar-refractivity contribution in [3.8, 4) is 23.0 Å². The zero-order chi connectivity index (χ0) is 28.0. The smallest absolute Gasteiger partial charge is 0.340 e.